The van der Waals surface area contributed by atoms with E-state index in [0.717, 1.165) is 28.8 Å². The summed E-state index contributed by atoms with van der Waals surface area (Å²) >= 11 is 0. The van der Waals surface area contributed by atoms with Crippen molar-refractivity contribution in [1.82, 2.24) is 4.72 Å². The van der Waals surface area contributed by atoms with Crippen molar-refractivity contribution in [2.45, 2.75) is 31.7 Å². The van der Waals surface area contributed by atoms with E-state index in [-0.39, 0.29) is 4.90 Å². The highest BCUT2D eigenvalue weighted by Gasteiger charge is 2.20. The zero-order chi connectivity index (χ0) is 16.5. The molecule has 2 aromatic rings. The van der Waals surface area contributed by atoms with Crippen LogP contribution in [0.3, 0.4) is 0 Å². The molecule has 0 aliphatic heterocycles. The molecule has 0 aromatic heterocycles. The van der Waals surface area contributed by atoms with Gasteiger partial charge < -0.3 is 0 Å². The van der Waals surface area contributed by atoms with Crippen molar-refractivity contribution in [3.63, 3.8) is 0 Å². The lowest BCUT2D eigenvalue weighted by molar-refractivity contribution is 0.503. The van der Waals surface area contributed by atoms with Gasteiger partial charge in [0.05, 0.1) is 4.90 Å². The molecule has 0 saturated heterocycles. The molecule has 1 N–H and O–H groups in total. The molecule has 22 heavy (non-hydrogen) atoms. The molecule has 0 aliphatic carbocycles. The number of rotatable bonds is 4. The molecule has 6 heteroatoms. The van der Waals surface area contributed by atoms with Crippen molar-refractivity contribution >= 4 is 10.0 Å². The fraction of sp³-hybridized carbons (Fsp3) is 0.250. The normalized spacial score (nSPS) is 13.1. The second-order valence-electron chi connectivity index (χ2n) is 5.28. The third-order valence-corrected chi connectivity index (χ3v) is 4.96. The van der Waals surface area contributed by atoms with Crippen LogP contribution in [0.1, 0.15) is 29.7 Å². The summed E-state index contributed by atoms with van der Waals surface area (Å²) in [5.41, 5.74) is 2.87. The highest BCUT2D eigenvalue weighted by atomic mass is 32.2. The molecule has 2 aromatic carbocycles. The van der Waals surface area contributed by atoms with Crippen molar-refractivity contribution in [1.29, 1.82) is 0 Å². The van der Waals surface area contributed by atoms with Gasteiger partial charge in [-0.1, -0.05) is 23.8 Å². The third-order valence-electron chi connectivity index (χ3n) is 3.43. The SMILES string of the molecule is Cc1ccc([C@H](C)NS(=O)(=O)c2ccc(F)c(F)c2)c(C)c1. The molecule has 0 radical (unpaired) electrons. The van der Waals surface area contributed by atoms with Gasteiger partial charge in [0.1, 0.15) is 0 Å². The molecule has 118 valence electrons. The largest absolute Gasteiger partial charge is 0.241 e. The molecule has 0 bridgehead atoms. The molecule has 0 heterocycles. The van der Waals surface area contributed by atoms with Gasteiger partial charge in [-0.3, -0.25) is 0 Å². The third kappa shape index (κ3) is 3.51. The first-order valence-electron chi connectivity index (χ1n) is 6.75. The summed E-state index contributed by atoms with van der Waals surface area (Å²) in [7, 11) is -3.93. The Balaban J connectivity index is 2.29. The number of halogens is 2. The van der Waals surface area contributed by atoms with Crippen LogP contribution in [0.4, 0.5) is 8.78 Å². The predicted molar refractivity (Wildman–Crippen MR) is 81.0 cm³/mol. The Bertz CT molecular complexity index is 804. The van der Waals surface area contributed by atoms with Crippen LogP contribution < -0.4 is 4.72 Å². The maximum atomic E-state index is 13.2. The van der Waals surface area contributed by atoms with Crippen molar-refractivity contribution in [2.24, 2.45) is 0 Å². The Labute approximate surface area is 129 Å². The average Bonchev–Trinajstić information content (AvgIpc) is 2.40. The smallest absolute Gasteiger partial charge is 0.207 e. The van der Waals surface area contributed by atoms with E-state index in [1.165, 1.54) is 0 Å². The molecule has 2 rings (SSSR count). The highest BCUT2D eigenvalue weighted by molar-refractivity contribution is 7.89. The first-order chi connectivity index (χ1) is 10.2. The topological polar surface area (TPSA) is 46.2 Å². The van der Waals surface area contributed by atoms with Gasteiger partial charge in [0, 0.05) is 6.04 Å². The Morgan fingerprint density at radius 1 is 1.00 bits per heavy atom. The van der Waals surface area contributed by atoms with E-state index in [1.54, 1.807) is 6.92 Å². The van der Waals surface area contributed by atoms with Gasteiger partial charge in [-0.25, -0.2) is 21.9 Å². The Morgan fingerprint density at radius 3 is 2.27 bits per heavy atom. The summed E-state index contributed by atoms with van der Waals surface area (Å²) in [6.07, 6.45) is 0. The Hall–Kier alpha value is -1.79. The summed E-state index contributed by atoms with van der Waals surface area (Å²) in [6, 6.07) is 7.72. The monoisotopic (exact) mass is 325 g/mol. The minimum absolute atomic E-state index is 0.303. The molecular weight excluding hydrogens is 308 g/mol. The van der Waals surface area contributed by atoms with Crippen molar-refractivity contribution in [3.05, 3.63) is 64.7 Å². The number of sulfonamides is 1. The summed E-state index contributed by atoms with van der Waals surface area (Å²) in [5.74, 6) is -2.27. The maximum Gasteiger partial charge on any atom is 0.241 e. The van der Waals surface area contributed by atoms with E-state index in [2.05, 4.69) is 4.72 Å². The minimum atomic E-state index is -3.93. The van der Waals surface area contributed by atoms with Gasteiger partial charge in [0.25, 0.3) is 0 Å². The lowest BCUT2D eigenvalue weighted by atomic mass is 10.0. The van der Waals surface area contributed by atoms with Gasteiger partial charge in [0.15, 0.2) is 11.6 Å². The first kappa shape index (κ1) is 16.6. The molecular formula is C16H17F2NO2S. The predicted octanol–water partition coefficient (Wildman–Crippen LogP) is 3.62. The fourth-order valence-corrected chi connectivity index (χ4v) is 3.55. The van der Waals surface area contributed by atoms with Gasteiger partial charge in [0.2, 0.25) is 10.0 Å². The fourth-order valence-electron chi connectivity index (χ4n) is 2.32. The summed E-state index contributed by atoms with van der Waals surface area (Å²) in [4.78, 5) is -0.303. The molecule has 0 saturated carbocycles. The molecule has 0 aliphatic rings. The first-order valence-corrected chi connectivity index (χ1v) is 8.23. The second kappa shape index (κ2) is 6.14. The zero-order valence-corrected chi connectivity index (χ0v) is 13.3. The summed E-state index contributed by atoms with van der Waals surface area (Å²) in [6.45, 7) is 5.55. The second-order valence-corrected chi connectivity index (χ2v) is 6.99. The van der Waals surface area contributed by atoms with Crippen LogP contribution in [0.15, 0.2) is 41.3 Å². The Morgan fingerprint density at radius 2 is 1.68 bits per heavy atom. The lowest BCUT2D eigenvalue weighted by Gasteiger charge is -2.17. The van der Waals surface area contributed by atoms with E-state index in [9.17, 15) is 17.2 Å². The number of hydrogen-bond donors (Lipinski definition) is 1. The molecule has 0 amide bonds. The standard InChI is InChI=1S/C16H17F2NO2S/c1-10-4-6-14(11(2)8-10)12(3)19-22(20,21)13-5-7-15(17)16(18)9-13/h4-9,12,19H,1-3H3/t12-/m0/s1. The summed E-state index contributed by atoms with van der Waals surface area (Å²) < 4.78 is 53.1. The minimum Gasteiger partial charge on any atom is -0.207 e. The molecule has 0 fully saturated rings. The molecule has 3 nitrogen and oxygen atoms in total. The van der Waals surface area contributed by atoms with Crippen LogP contribution in [-0.4, -0.2) is 8.42 Å². The van der Waals surface area contributed by atoms with Crippen molar-refractivity contribution in [3.8, 4) is 0 Å². The number of nitrogens with one attached hydrogen (secondary N) is 1. The van der Waals surface area contributed by atoms with E-state index >= 15 is 0 Å². The van der Waals surface area contributed by atoms with E-state index < -0.39 is 27.7 Å². The van der Waals surface area contributed by atoms with Gasteiger partial charge >= 0.3 is 0 Å². The van der Waals surface area contributed by atoms with Crippen LogP contribution in [0.5, 0.6) is 0 Å². The van der Waals surface area contributed by atoms with Crippen molar-refractivity contribution in [2.75, 3.05) is 0 Å². The van der Waals surface area contributed by atoms with E-state index in [0.29, 0.717) is 6.07 Å². The van der Waals surface area contributed by atoms with Crippen LogP contribution in [0, 0.1) is 25.5 Å². The van der Waals surface area contributed by atoms with Crippen LogP contribution >= 0.6 is 0 Å². The molecule has 0 unspecified atom stereocenters. The van der Waals surface area contributed by atoms with Gasteiger partial charge in [-0.15, -0.1) is 0 Å². The quantitative estimate of drug-likeness (QED) is 0.933. The summed E-state index contributed by atoms with van der Waals surface area (Å²) in [5, 5.41) is 0. The van der Waals surface area contributed by atoms with Crippen molar-refractivity contribution < 1.29 is 17.2 Å². The highest BCUT2D eigenvalue weighted by Crippen LogP contribution is 2.22. The average molecular weight is 325 g/mol. The van der Waals surface area contributed by atoms with Gasteiger partial charge in [-0.2, -0.15) is 0 Å². The molecule has 1 atom stereocenters. The van der Waals surface area contributed by atoms with Crippen LogP contribution in [-0.2, 0) is 10.0 Å². The number of hydrogen-bond acceptors (Lipinski definition) is 2. The molecule has 0 spiro atoms. The number of aryl methyl sites for hydroxylation is 2. The maximum absolute atomic E-state index is 13.2. The van der Waals surface area contributed by atoms with E-state index in [4.69, 9.17) is 0 Å². The number of benzene rings is 2. The Kier molecular flexibility index (Phi) is 4.63. The van der Waals surface area contributed by atoms with Gasteiger partial charge in [-0.05, 0) is 50.1 Å². The van der Waals surface area contributed by atoms with Crippen LogP contribution in [0.25, 0.3) is 0 Å². The zero-order valence-electron chi connectivity index (χ0n) is 12.5. The van der Waals surface area contributed by atoms with Crippen LogP contribution in [0.2, 0.25) is 0 Å². The van der Waals surface area contributed by atoms with E-state index in [1.807, 2.05) is 32.0 Å². The lowest BCUT2D eigenvalue weighted by Crippen LogP contribution is -2.27.